The van der Waals surface area contributed by atoms with Crippen molar-refractivity contribution >= 4 is 23.0 Å². The molecule has 1 aromatic heterocycles. The van der Waals surface area contributed by atoms with Crippen LogP contribution < -0.4 is 11.1 Å². The Kier molecular flexibility index (Phi) is 4.14. The van der Waals surface area contributed by atoms with Crippen molar-refractivity contribution < 1.29 is 4.74 Å². The molecule has 1 aliphatic rings. The van der Waals surface area contributed by atoms with Gasteiger partial charge in [-0.2, -0.15) is 0 Å². The van der Waals surface area contributed by atoms with E-state index in [0.717, 1.165) is 36.7 Å². The van der Waals surface area contributed by atoms with E-state index in [1.165, 1.54) is 0 Å². The minimum absolute atomic E-state index is 0.301. The molecule has 0 aromatic carbocycles. The molecule has 2 rings (SSSR count). The number of hydrogen-bond acceptors (Lipinski definition) is 4. The molecule has 1 aromatic rings. The second-order valence-electron chi connectivity index (χ2n) is 4.77. The number of nitrogens with zero attached hydrogens (tertiary/aromatic N) is 1. The Balaban J connectivity index is 2.16. The molecule has 1 fully saturated rings. The molecular formula is C13H19N3OS. The van der Waals surface area contributed by atoms with Gasteiger partial charge in [0, 0.05) is 24.3 Å². The largest absolute Gasteiger partial charge is 0.389 e. The second-order valence-corrected chi connectivity index (χ2v) is 5.21. The van der Waals surface area contributed by atoms with Gasteiger partial charge in [-0.05, 0) is 32.4 Å². The summed E-state index contributed by atoms with van der Waals surface area (Å²) < 4.78 is 5.41. The fraction of sp³-hybridized carbons (Fsp3) is 0.538. The van der Waals surface area contributed by atoms with E-state index in [1.807, 2.05) is 19.1 Å². The third-order valence-electron chi connectivity index (χ3n) is 3.34. The van der Waals surface area contributed by atoms with Gasteiger partial charge < -0.3 is 15.8 Å². The molecule has 2 unspecified atom stereocenters. The third-order valence-corrected chi connectivity index (χ3v) is 3.56. The van der Waals surface area contributed by atoms with Crippen LogP contribution in [0.2, 0.25) is 0 Å². The zero-order valence-corrected chi connectivity index (χ0v) is 11.6. The van der Waals surface area contributed by atoms with Crippen LogP contribution in [-0.2, 0) is 4.74 Å². The van der Waals surface area contributed by atoms with E-state index in [2.05, 4.69) is 17.2 Å². The fourth-order valence-electron chi connectivity index (χ4n) is 2.15. The van der Waals surface area contributed by atoms with Crippen molar-refractivity contribution in [1.29, 1.82) is 0 Å². The number of anilines is 1. The second kappa shape index (κ2) is 5.63. The molecule has 18 heavy (non-hydrogen) atoms. The van der Waals surface area contributed by atoms with Gasteiger partial charge in [-0.3, -0.25) is 0 Å². The van der Waals surface area contributed by atoms with Crippen LogP contribution in [0.3, 0.4) is 0 Å². The molecule has 2 heterocycles. The number of ether oxygens (including phenoxy) is 1. The number of hydrogen-bond donors (Lipinski definition) is 2. The lowest BCUT2D eigenvalue weighted by molar-refractivity contribution is 0.183. The van der Waals surface area contributed by atoms with Gasteiger partial charge in [0.1, 0.15) is 10.8 Å². The van der Waals surface area contributed by atoms with Crippen molar-refractivity contribution in [3.63, 3.8) is 0 Å². The molecule has 1 aliphatic heterocycles. The average Bonchev–Trinajstić information content (AvgIpc) is 2.81. The maximum Gasteiger partial charge on any atom is 0.136 e. The SMILES string of the molecule is Cc1ccc(C(N)=S)c(NC(C)C2CCOC2)n1. The van der Waals surface area contributed by atoms with Crippen LogP contribution in [-0.4, -0.2) is 29.2 Å². The summed E-state index contributed by atoms with van der Waals surface area (Å²) in [4.78, 5) is 4.86. The average molecular weight is 265 g/mol. The van der Waals surface area contributed by atoms with Gasteiger partial charge in [0.2, 0.25) is 0 Å². The Hall–Kier alpha value is -1.20. The minimum Gasteiger partial charge on any atom is -0.389 e. The number of nitrogens with two attached hydrogens (primary N) is 1. The van der Waals surface area contributed by atoms with E-state index < -0.39 is 0 Å². The quantitative estimate of drug-likeness (QED) is 0.814. The van der Waals surface area contributed by atoms with E-state index in [4.69, 9.17) is 22.7 Å². The van der Waals surface area contributed by atoms with E-state index in [9.17, 15) is 0 Å². The van der Waals surface area contributed by atoms with Crippen LogP contribution >= 0.6 is 12.2 Å². The summed E-state index contributed by atoms with van der Waals surface area (Å²) in [5.41, 5.74) is 7.48. The number of pyridine rings is 1. The Bertz CT molecular complexity index is 444. The summed E-state index contributed by atoms with van der Waals surface area (Å²) in [6, 6.07) is 4.14. The zero-order chi connectivity index (χ0) is 13.1. The highest BCUT2D eigenvalue weighted by Crippen LogP contribution is 2.21. The molecule has 0 saturated carbocycles. The number of rotatable bonds is 4. The molecule has 0 bridgehead atoms. The molecule has 1 saturated heterocycles. The Morgan fingerprint density at radius 1 is 1.61 bits per heavy atom. The van der Waals surface area contributed by atoms with Crippen LogP contribution in [0.5, 0.6) is 0 Å². The van der Waals surface area contributed by atoms with Crippen molar-refractivity contribution in [3.05, 3.63) is 23.4 Å². The molecule has 98 valence electrons. The lowest BCUT2D eigenvalue weighted by Crippen LogP contribution is -2.28. The summed E-state index contributed by atoms with van der Waals surface area (Å²) >= 11 is 5.05. The highest BCUT2D eigenvalue weighted by atomic mass is 32.1. The van der Waals surface area contributed by atoms with E-state index in [0.29, 0.717) is 16.9 Å². The van der Waals surface area contributed by atoms with Gasteiger partial charge >= 0.3 is 0 Å². The lowest BCUT2D eigenvalue weighted by Gasteiger charge is -2.21. The first kappa shape index (κ1) is 13.2. The number of aryl methyl sites for hydroxylation is 1. The first-order chi connectivity index (χ1) is 8.58. The number of thiocarbonyl (C=S) groups is 1. The molecule has 4 nitrogen and oxygen atoms in total. The fourth-order valence-corrected chi connectivity index (χ4v) is 2.31. The molecule has 0 spiro atoms. The topological polar surface area (TPSA) is 60.2 Å². The summed E-state index contributed by atoms with van der Waals surface area (Å²) in [7, 11) is 0. The number of aromatic nitrogens is 1. The summed E-state index contributed by atoms with van der Waals surface area (Å²) in [5.74, 6) is 1.30. The van der Waals surface area contributed by atoms with E-state index in [1.54, 1.807) is 0 Å². The monoisotopic (exact) mass is 265 g/mol. The van der Waals surface area contributed by atoms with Gasteiger partial charge in [0.05, 0.1) is 12.2 Å². The van der Waals surface area contributed by atoms with Crippen molar-refractivity contribution in [2.75, 3.05) is 18.5 Å². The van der Waals surface area contributed by atoms with Crippen LogP contribution in [0.1, 0.15) is 24.6 Å². The normalized spacial score (nSPS) is 20.7. The molecular weight excluding hydrogens is 246 g/mol. The lowest BCUT2D eigenvalue weighted by atomic mass is 10.0. The van der Waals surface area contributed by atoms with Crippen LogP contribution in [0, 0.1) is 12.8 Å². The highest BCUT2D eigenvalue weighted by Gasteiger charge is 2.23. The molecule has 2 atom stereocenters. The number of nitrogens with one attached hydrogen (secondary N) is 1. The molecule has 3 N–H and O–H groups in total. The van der Waals surface area contributed by atoms with Crippen molar-refractivity contribution in [1.82, 2.24) is 4.98 Å². The summed E-state index contributed by atoms with van der Waals surface area (Å²) in [6.45, 7) is 5.76. The maximum atomic E-state index is 5.72. The Morgan fingerprint density at radius 3 is 3.00 bits per heavy atom. The molecule has 5 heteroatoms. The predicted molar refractivity (Wildman–Crippen MR) is 76.9 cm³/mol. The van der Waals surface area contributed by atoms with Crippen molar-refractivity contribution in [3.8, 4) is 0 Å². The van der Waals surface area contributed by atoms with E-state index >= 15 is 0 Å². The standard InChI is InChI=1S/C13H19N3OS/c1-8-3-4-11(12(14)18)13(15-8)16-9(2)10-5-6-17-7-10/h3-4,9-10H,5-7H2,1-2H3,(H2,14,18)(H,15,16). The van der Waals surface area contributed by atoms with Crippen molar-refractivity contribution in [2.45, 2.75) is 26.3 Å². The third kappa shape index (κ3) is 2.97. The Labute approximate surface area is 113 Å². The van der Waals surface area contributed by atoms with Crippen LogP contribution in [0.15, 0.2) is 12.1 Å². The first-order valence-electron chi connectivity index (χ1n) is 6.19. The predicted octanol–water partition coefficient (Wildman–Crippen LogP) is 1.86. The van der Waals surface area contributed by atoms with Gasteiger partial charge in [-0.25, -0.2) is 4.98 Å². The van der Waals surface area contributed by atoms with Gasteiger partial charge in [0.25, 0.3) is 0 Å². The maximum absolute atomic E-state index is 5.72. The van der Waals surface area contributed by atoms with E-state index in [-0.39, 0.29) is 0 Å². The zero-order valence-electron chi connectivity index (χ0n) is 10.8. The van der Waals surface area contributed by atoms with Gasteiger partial charge in [0.15, 0.2) is 0 Å². The van der Waals surface area contributed by atoms with Crippen LogP contribution in [0.25, 0.3) is 0 Å². The minimum atomic E-state index is 0.301. The summed E-state index contributed by atoms with van der Waals surface area (Å²) in [6.07, 6.45) is 1.09. The molecule has 0 aliphatic carbocycles. The summed E-state index contributed by atoms with van der Waals surface area (Å²) in [5, 5.41) is 3.42. The molecule has 0 radical (unpaired) electrons. The highest BCUT2D eigenvalue weighted by molar-refractivity contribution is 7.80. The van der Waals surface area contributed by atoms with Gasteiger partial charge in [-0.1, -0.05) is 12.2 Å². The van der Waals surface area contributed by atoms with Crippen LogP contribution in [0.4, 0.5) is 5.82 Å². The smallest absolute Gasteiger partial charge is 0.136 e. The van der Waals surface area contributed by atoms with Gasteiger partial charge in [-0.15, -0.1) is 0 Å². The Morgan fingerprint density at radius 2 is 2.39 bits per heavy atom. The molecule has 0 amide bonds. The van der Waals surface area contributed by atoms with Crippen molar-refractivity contribution in [2.24, 2.45) is 11.7 Å². The first-order valence-corrected chi connectivity index (χ1v) is 6.60.